The molecule has 20 heavy (non-hydrogen) atoms. The van der Waals surface area contributed by atoms with Gasteiger partial charge in [0.2, 0.25) is 5.88 Å². The van der Waals surface area contributed by atoms with Gasteiger partial charge < -0.3 is 24.1 Å². The van der Waals surface area contributed by atoms with Crippen molar-refractivity contribution in [2.45, 2.75) is 6.92 Å². The quantitative estimate of drug-likeness (QED) is 0.423. The Hall–Kier alpha value is -1.00. The number of aromatic nitrogens is 1. The van der Waals surface area contributed by atoms with Crippen LogP contribution in [0.5, 0.6) is 5.88 Å². The molecule has 1 aromatic rings. The second kappa shape index (κ2) is 9.83. The lowest BCUT2D eigenvalue weighted by atomic mass is 10.7. The Morgan fingerprint density at radius 2 is 1.95 bits per heavy atom. The van der Waals surface area contributed by atoms with Crippen molar-refractivity contribution in [3.05, 3.63) is 9.33 Å². The van der Waals surface area contributed by atoms with Crippen LogP contribution >= 0.6 is 23.6 Å². The minimum Gasteiger partial charge on any atom is -0.493 e. The van der Waals surface area contributed by atoms with Crippen molar-refractivity contribution in [3.63, 3.8) is 0 Å². The molecule has 0 saturated carbocycles. The van der Waals surface area contributed by atoms with Crippen molar-refractivity contribution >= 4 is 29.6 Å². The molecular formula is C11H17NO6S2. The van der Waals surface area contributed by atoms with Crippen LogP contribution < -0.4 is 0 Å². The van der Waals surface area contributed by atoms with Crippen LogP contribution in [-0.2, 0) is 18.9 Å². The van der Waals surface area contributed by atoms with E-state index in [4.69, 9.17) is 31.2 Å². The first-order chi connectivity index (χ1) is 9.66. The zero-order valence-corrected chi connectivity index (χ0v) is 12.7. The molecule has 0 fully saturated rings. The number of hydrogen-bond acceptors (Lipinski definition) is 8. The second-order valence-corrected chi connectivity index (χ2v) is 4.94. The Morgan fingerprint density at radius 1 is 1.30 bits per heavy atom. The highest BCUT2D eigenvalue weighted by Gasteiger charge is 2.12. The van der Waals surface area contributed by atoms with Crippen LogP contribution in [0.3, 0.4) is 0 Å². The van der Waals surface area contributed by atoms with Crippen molar-refractivity contribution in [1.29, 1.82) is 0 Å². The molecule has 0 saturated heterocycles. The third-order valence-corrected chi connectivity index (χ3v) is 3.26. The second-order valence-electron chi connectivity index (χ2n) is 3.44. The van der Waals surface area contributed by atoms with Crippen LogP contribution in [0.1, 0.15) is 6.92 Å². The molecule has 9 heteroatoms. The van der Waals surface area contributed by atoms with Crippen molar-refractivity contribution < 1.29 is 28.8 Å². The maximum Gasteiger partial charge on any atom is 0.424 e. The molecule has 0 unspecified atom stereocenters. The third kappa shape index (κ3) is 5.97. The fourth-order valence-electron chi connectivity index (χ4n) is 1.17. The standard InChI is InChI=1S/C11H17NO6S2/c1-2-15-3-4-16-5-6-17-8-18-10(14)12-9(13)7-20-11(12)19/h7,13H,2-6,8H2,1H3. The lowest BCUT2D eigenvalue weighted by Crippen LogP contribution is -2.17. The molecule has 0 aliphatic rings. The summed E-state index contributed by atoms with van der Waals surface area (Å²) in [5.41, 5.74) is 0. The summed E-state index contributed by atoms with van der Waals surface area (Å²) in [4.78, 5) is 11.5. The Morgan fingerprint density at radius 3 is 2.55 bits per heavy atom. The van der Waals surface area contributed by atoms with E-state index in [1.54, 1.807) is 0 Å². The first-order valence-corrected chi connectivity index (χ1v) is 7.25. The maximum atomic E-state index is 11.5. The first-order valence-electron chi connectivity index (χ1n) is 5.96. The maximum absolute atomic E-state index is 11.5. The van der Waals surface area contributed by atoms with E-state index in [0.29, 0.717) is 33.0 Å². The van der Waals surface area contributed by atoms with Gasteiger partial charge in [-0.3, -0.25) is 0 Å². The molecule has 1 aromatic heterocycles. The van der Waals surface area contributed by atoms with Gasteiger partial charge >= 0.3 is 6.09 Å². The first kappa shape index (κ1) is 17.1. The van der Waals surface area contributed by atoms with Gasteiger partial charge in [0.05, 0.1) is 31.8 Å². The van der Waals surface area contributed by atoms with Gasteiger partial charge in [0.15, 0.2) is 10.7 Å². The molecule has 1 heterocycles. The number of aromatic hydroxyl groups is 1. The van der Waals surface area contributed by atoms with Gasteiger partial charge in [0, 0.05) is 6.61 Å². The van der Waals surface area contributed by atoms with Crippen LogP contribution in [0, 0.1) is 3.95 Å². The van der Waals surface area contributed by atoms with E-state index in [1.165, 1.54) is 5.38 Å². The molecule has 0 aromatic carbocycles. The zero-order chi connectivity index (χ0) is 14.8. The van der Waals surface area contributed by atoms with Crippen molar-refractivity contribution in [2.75, 3.05) is 39.8 Å². The van der Waals surface area contributed by atoms with Gasteiger partial charge in [-0.15, -0.1) is 11.3 Å². The number of thiazole rings is 1. The van der Waals surface area contributed by atoms with Gasteiger partial charge in [0.25, 0.3) is 0 Å². The summed E-state index contributed by atoms with van der Waals surface area (Å²) in [6.45, 7) is 4.05. The van der Waals surface area contributed by atoms with Crippen LogP contribution in [0.25, 0.3) is 0 Å². The number of hydrogen-bond donors (Lipinski definition) is 1. The number of ether oxygens (including phenoxy) is 4. The number of carbonyl (C=O) groups is 1. The van der Waals surface area contributed by atoms with Crippen LogP contribution in [0.2, 0.25) is 0 Å². The largest absolute Gasteiger partial charge is 0.493 e. The molecule has 0 spiro atoms. The minimum absolute atomic E-state index is 0.215. The number of carbonyl (C=O) groups excluding carboxylic acids is 1. The Kier molecular flexibility index (Phi) is 8.38. The van der Waals surface area contributed by atoms with Gasteiger partial charge in [-0.2, -0.15) is 4.57 Å². The fourth-order valence-corrected chi connectivity index (χ4v) is 2.07. The molecule has 7 nitrogen and oxygen atoms in total. The van der Waals surface area contributed by atoms with Crippen molar-refractivity contribution in [3.8, 4) is 5.88 Å². The van der Waals surface area contributed by atoms with E-state index < -0.39 is 6.09 Å². The summed E-state index contributed by atoms with van der Waals surface area (Å²) < 4.78 is 21.2. The molecule has 0 bridgehead atoms. The molecular weight excluding hydrogens is 306 g/mol. The summed E-state index contributed by atoms with van der Waals surface area (Å²) in [6, 6.07) is 0. The van der Waals surface area contributed by atoms with Gasteiger partial charge in [-0.05, 0) is 19.1 Å². The number of rotatable bonds is 9. The number of nitrogens with zero attached hydrogens (tertiary/aromatic N) is 1. The minimum atomic E-state index is -0.772. The topological polar surface area (TPSA) is 79.2 Å². The fraction of sp³-hybridized carbons (Fsp3) is 0.636. The van der Waals surface area contributed by atoms with Gasteiger partial charge in [-0.25, -0.2) is 4.79 Å². The third-order valence-electron chi connectivity index (χ3n) is 2.07. The average Bonchev–Trinajstić information content (AvgIpc) is 2.76. The Bertz CT molecular complexity index is 458. The van der Waals surface area contributed by atoms with E-state index in [9.17, 15) is 9.90 Å². The smallest absolute Gasteiger partial charge is 0.424 e. The van der Waals surface area contributed by atoms with Gasteiger partial charge in [0.1, 0.15) is 0 Å². The predicted molar refractivity (Wildman–Crippen MR) is 74.8 cm³/mol. The summed E-state index contributed by atoms with van der Waals surface area (Å²) in [6.07, 6.45) is -0.772. The summed E-state index contributed by atoms with van der Waals surface area (Å²) in [5, 5.41) is 10.7. The van der Waals surface area contributed by atoms with E-state index >= 15 is 0 Å². The summed E-state index contributed by atoms with van der Waals surface area (Å²) >= 11 is 5.94. The van der Waals surface area contributed by atoms with E-state index in [0.717, 1.165) is 15.9 Å². The van der Waals surface area contributed by atoms with Gasteiger partial charge in [-0.1, -0.05) is 0 Å². The van der Waals surface area contributed by atoms with E-state index in [2.05, 4.69) is 0 Å². The van der Waals surface area contributed by atoms with E-state index in [1.807, 2.05) is 6.92 Å². The lowest BCUT2D eigenvalue weighted by molar-refractivity contribution is -0.0429. The highest BCUT2D eigenvalue weighted by molar-refractivity contribution is 7.73. The lowest BCUT2D eigenvalue weighted by Gasteiger charge is -2.07. The predicted octanol–water partition coefficient (Wildman–Crippen LogP) is 2.00. The summed E-state index contributed by atoms with van der Waals surface area (Å²) in [7, 11) is 0. The molecule has 1 N–H and O–H groups in total. The SMILES string of the molecule is CCOCCOCCOCOC(=O)n1c(O)csc1=S. The van der Waals surface area contributed by atoms with Crippen LogP contribution in [0.4, 0.5) is 4.79 Å². The Labute approximate surface area is 125 Å². The normalized spacial score (nSPS) is 10.7. The molecule has 114 valence electrons. The molecule has 1 rings (SSSR count). The molecule has 0 amide bonds. The molecule has 0 atom stereocenters. The average molecular weight is 323 g/mol. The van der Waals surface area contributed by atoms with Crippen LogP contribution in [-0.4, -0.2) is 55.6 Å². The molecule has 0 radical (unpaired) electrons. The Balaban J connectivity index is 2.07. The summed E-state index contributed by atoms with van der Waals surface area (Å²) in [5.74, 6) is -0.246. The van der Waals surface area contributed by atoms with E-state index in [-0.39, 0.29) is 16.6 Å². The van der Waals surface area contributed by atoms with Crippen molar-refractivity contribution in [2.24, 2.45) is 0 Å². The van der Waals surface area contributed by atoms with Crippen molar-refractivity contribution in [1.82, 2.24) is 4.57 Å². The zero-order valence-electron chi connectivity index (χ0n) is 11.1. The monoisotopic (exact) mass is 323 g/mol. The van der Waals surface area contributed by atoms with Crippen LogP contribution in [0.15, 0.2) is 5.38 Å². The highest BCUT2D eigenvalue weighted by Crippen LogP contribution is 2.17. The molecule has 0 aliphatic heterocycles. The molecule has 0 aliphatic carbocycles. The highest BCUT2D eigenvalue weighted by atomic mass is 32.1.